The van der Waals surface area contributed by atoms with Gasteiger partial charge in [0, 0.05) is 5.39 Å². The SMILES string of the molecule is CNC(C)c1cc2ccc(COc3ccc(OC(C)C)cc3)cc2o1. The zero-order valence-electron chi connectivity index (χ0n) is 15.2. The molecule has 0 saturated carbocycles. The maximum atomic E-state index is 5.93. The second-order valence-electron chi connectivity index (χ2n) is 6.46. The van der Waals surface area contributed by atoms with Gasteiger partial charge in [-0.05, 0) is 69.8 Å². The summed E-state index contributed by atoms with van der Waals surface area (Å²) in [5.41, 5.74) is 1.96. The number of benzene rings is 2. The first-order chi connectivity index (χ1) is 12.0. The van der Waals surface area contributed by atoms with Gasteiger partial charge in [-0.15, -0.1) is 0 Å². The minimum Gasteiger partial charge on any atom is -0.491 e. The summed E-state index contributed by atoms with van der Waals surface area (Å²) in [6.07, 6.45) is 0.169. The Morgan fingerprint density at radius 2 is 1.68 bits per heavy atom. The molecule has 3 rings (SSSR count). The number of nitrogens with one attached hydrogen (secondary N) is 1. The fraction of sp³-hybridized carbons (Fsp3) is 0.333. The molecule has 1 unspecified atom stereocenters. The molecule has 1 aromatic heterocycles. The average Bonchev–Trinajstić information content (AvgIpc) is 3.03. The molecule has 3 aromatic rings. The van der Waals surface area contributed by atoms with Crippen LogP contribution in [0.5, 0.6) is 11.5 Å². The van der Waals surface area contributed by atoms with Crippen molar-refractivity contribution in [2.45, 2.75) is 39.5 Å². The summed E-state index contributed by atoms with van der Waals surface area (Å²) in [4.78, 5) is 0. The van der Waals surface area contributed by atoms with Gasteiger partial charge in [0.25, 0.3) is 0 Å². The van der Waals surface area contributed by atoms with Gasteiger partial charge in [0.15, 0.2) is 0 Å². The molecule has 0 bridgehead atoms. The van der Waals surface area contributed by atoms with E-state index in [1.165, 1.54) is 0 Å². The first-order valence-electron chi connectivity index (χ1n) is 8.64. The van der Waals surface area contributed by atoms with Gasteiger partial charge in [-0.25, -0.2) is 0 Å². The lowest BCUT2D eigenvalue weighted by molar-refractivity contribution is 0.241. The minimum atomic E-state index is 0.169. The van der Waals surface area contributed by atoms with Gasteiger partial charge < -0.3 is 19.2 Å². The van der Waals surface area contributed by atoms with Crippen molar-refractivity contribution in [1.29, 1.82) is 0 Å². The average molecular weight is 339 g/mol. The molecule has 132 valence electrons. The van der Waals surface area contributed by atoms with Crippen molar-refractivity contribution >= 4 is 11.0 Å². The lowest BCUT2D eigenvalue weighted by atomic mass is 10.1. The fourth-order valence-corrected chi connectivity index (χ4v) is 2.59. The standard InChI is InChI=1S/C21H25NO3/c1-14(2)24-19-9-7-18(8-10-19)23-13-16-5-6-17-12-20(15(3)22-4)25-21(17)11-16/h5-12,14-15,22H,13H2,1-4H3. The summed E-state index contributed by atoms with van der Waals surface area (Å²) < 4.78 is 17.4. The van der Waals surface area contributed by atoms with Crippen molar-refractivity contribution in [1.82, 2.24) is 5.32 Å². The summed E-state index contributed by atoms with van der Waals surface area (Å²) >= 11 is 0. The van der Waals surface area contributed by atoms with Crippen LogP contribution in [0.25, 0.3) is 11.0 Å². The monoisotopic (exact) mass is 339 g/mol. The second kappa shape index (κ2) is 7.62. The van der Waals surface area contributed by atoms with Crippen LogP contribution in [-0.4, -0.2) is 13.2 Å². The van der Waals surface area contributed by atoms with Crippen molar-refractivity contribution in [3.8, 4) is 11.5 Å². The number of fused-ring (bicyclic) bond motifs is 1. The molecule has 0 aliphatic carbocycles. The zero-order chi connectivity index (χ0) is 17.8. The molecule has 0 fully saturated rings. The molecule has 0 aliphatic rings. The van der Waals surface area contributed by atoms with Crippen LogP contribution in [0.2, 0.25) is 0 Å². The van der Waals surface area contributed by atoms with E-state index < -0.39 is 0 Å². The Morgan fingerprint density at radius 3 is 2.36 bits per heavy atom. The Labute approximate surface area is 148 Å². The van der Waals surface area contributed by atoms with E-state index in [9.17, 15) is 0 Å². The van der Waals surface area contributed by atoms with Gasteiger partial charge >= 0.3 is 0 Å². The second-order valence-corrected chi connectivity index (χ2v) is 6.46. The lowest BCUT2D eigenvalue weighted by Crippen LogP contribution is -2.10. The molecular weight excluding hydrogens is 314 g/mol. The Bertz CT molecular complexity index is 821. The number of hydrogen-bond acceptors (Lipinski definition) is 4. The van der Waals surface area contributed by atoms with E-state index in [0.717, 1.165) is 33.8 Å². The molecule has 2 aromatic carbocycles. The van der Waals surface area contributed by atoms with Crippen LogP contribution in [0.3, 0.4) is 0 Å². The maximum Gasteiger partial charge on any atom is 0.134 e. The van der Waals surface area contributed by atoms with Gasteiger partial charge in [0.05, 0.1) is 12.1 Å². The molecule has 25 heavy (non-hydrogen) atoms. The Kier molecular flexibility index (Phi) is 5.29. The molecule has 1 N–H and O–H groups in total. The van der Waals surface area contributed by atoms with Crippen LogP contribution in [0.4, 0.5) is 0 Å². The van der Waals surface area contributed by atoms with E-state index in [4.69, 9.17) is 13.9 Å². The van der Waals surface area contributed by atoms with Crippen LogP contribution < -0.4 is 14.8 Å². The Morgan fingerprint density at radius 1 is 0.960 bits per heavy atom. The predicted octanol–water partition coefficient (Wildman–Crippen LogP) is 5.08. The maximum absolute atomic E-state index is 5.93. The van der Waals surface area contributed by atoms with Crippen molar-refractivity contribution in [3.63, 3.8) is 0 Å². The van der Waals surface area contributed by atoms with E-state index in [1.54, 1.807) is 0 Å². The number of hydrogen-bond donors (Lipinski definition) is 1. The molecule has 4 nitrogen and oxygen atoms in total. The topological polar surface area (TPSA) is 43.6 Å². The summed E-state index contributed by atoms with van der Waals surface area (Å²) in [6.45, 7) is 6.60. The van der Waals surface area contributed by atoms with Crippen molar-refractivity contribution in [2.75, 3.05) is 7.05 Å². The molecule has 1 heterocycles. The van der Waals surface area contributed by atoms with Gasteiger partial charge in [0.1, 0.15) is 29.4 Å². The van der Waals surface area contributed by atoms with E-state index in [-0.39, 0.29) is 12.1 Å². The van der Waals surface area contributed by atoms with Crippen LogP contribution >= 0.6 is 0 Å². The molecule has 0 saturated heterocycles. The first-order valence-corrected chi connectivity index (χ1v) is 8.64. The van der Waals surface area contributed by atoms with E-state index in [0.29, 0.717) is 6.61 Å². The van der Waals surface area contributed by atoms with Crippen molar-refractivity contribution < 1.29 is 13.9 Å². The van der Waals surface area contributed by atoms with Crippen molar-refractivity contribution in [2.24, 2.45) is 0 Å². The number of rotatable bonds is 7. The zero-order valence-corrected chi connectivity index (χ0v) is 15.2. The largest absolute Gasteiger partial charge is 0.491 e. The normalized spacial score (nSPS) is 12.5. The highest BCUT2D eigenvalue weighted by atomic mass is 16.5. The molecule has 1 atom stereocenters. The Hall–Kier alpha value is -2.46. The summed E-state index contributed by atoms with van der Waals surface area (Å²) in [7, 11) is 1.93. The van der Waals surface area contributed by atoms with Gasteiger partial charge in [0.2, 0.25) is 0 Å². The third kappa shape index (κ3) is 4.34. The number of ether oxygens (including phenoxy) is 2. The van der Waals surface area contributed by atoms with E-state index in [2.05, 4.69) is 30.4 Å². The highest BCUT2D eigenvalue weighted by Crippen LogP contribution is 2.25. The van der Waals surface area contributed by atoms with Crippen LogP contribution in [0.1, 0.15) is 38.1 Å². The van der Waals surface area contributed by atoms with E-state index >= 15 is 0 Å². The number of furan rings is 1. The van der Waals surface area contributed by atoms with Gasteiger partial charge in [-0.3, -0.25) is 0 Å². The highest BCUT2D eigenvalue weighted by Gasteiger charge is 2.10. The summed E-state index contributed by atoms with van der Waals surface area (Å²) in [5.74, 6) is 2.61. The molecule has 0 amide bonds. The van der Waals surface area contributed by atoms with E-state index in [1.807, 2.05) is 51.2 Å². The molecule has 0 radical (unpaired) electrons. The van der Waals surface area contributed by atoms with Crippen LogP contribution in [-0.2, 0) is 6.61 Å². The van der Waals surface area contributed by atoms with Crippen LogP contribution in [0.15, 0.2) is 52.9 Å². The molecule has 0 spiro atoms. The molecular formula is C21H25NO3. The van der Waals surface area contributed by atoms with Gasteiger partial charge in [-0.1, -0.05) is 12.1 Å². The smallest absolute Gasteiger partial charge is 0.134 e. The van der Waals surface area contributed by atoms with Crippen molar-refractivity contribution in [3.05, 3.63) is 59.9 Å². The van der Waals surface area contributed by atoms with Gasteiger partial charge in [-0.2, -0.15) is 0 Å². The third-order valence-corrected chi connectivity index (χ3v) is 4.06. The third-order valence-electron chi connectivity index (χ3n) is 4.06. The Balaban J connectivity index is 1.66. The van der Waals surface area contributed by atoms with Crippen LogP contribution in [0, 0.1) is 0 Å². The fourth-order valence-electron chi connectivity index (χ4n) is 2.59. The molecule has 4 heteroatoms. The summed E-state index contributed by atoms with van der Waals surface area (Å²) in [6, 6.07) is 16.2. The lowest BCUT2D eigenvalue weighted by Gasteiger charge is -2.11. The quantitative estimate of drug-likeness (QED) is 0.652. The highest BCUT2D eigenvalue weighted by molar-refractivity contribution is 5.78. The predicted molar refractivity (Wildman–Crippen MR) is 100 cm³/mol. The summed E-state index contributed by atoms with van der Waals surface area (Å²) in [5, 5.41) is 4.30. The molecule has 0 aliphatic heterocycles. The first kappa shape index (κ1) is 17.4. The minimum absolute atomic E-state index is 0.169.